The smallest absolute Gasteiger partial charge is 0.180 e. The molecule has 1 aliphatic heterocycles. The standard InChI is InChI=1S/C18H25N3O/c1-2-10-21-11-6-7-14-12-16(18(22)13-17(14)21)20-19-15-8-4-3-5-9-15/h3-5,8-9,14,17,19H,2,6-7,10-13H2,1H3/b20-16-/t14-,17-/m0/s1. The van der Waals surface area contributed by atoms with Crippen molar-refractivity contribution in [2.75, 3.05) is 18.5 Å². The monoisotopic (exact) mass is 299 g/mol. The number of hydrazone groups is 1. The highest BCUT2D eigenvalue weighted by molar-refractivity contribution is 6.40. The van der Waals surface area contributed by atoms with E-state index in [-0.39, 0.29) is 5.78 Å². The Balaban J connectivity index is 1.68. The predicted octanol–water partition coefficient (Wildman–Crippen LogP) is 3.31. The fourth-order valence-corrected chi connectivity index (χ4v) is 3.73. The number of piperidine rings is 1. The first-order valence-corrected chi connectivity index (χ1v) is 8.42. The number of ketones is 1. The van der Waals surface area contributed by atoms with Crippen LogP contribution in [-0.2, 0) is 4.79 Å². The van der Waals surface area contributed by atoms with E-state index in [1.54, 1.807) is 0 Å². The van der Waals surface area contributed by atoms with Crippen molar-refractivity contribution in [1.29, 1.82) is 0 Å². The van der Waals surface area contributed by atoms with Crippen LogP contribution in [0.2, 0.25) is 0 Å². The number of fused-ring (bicyclic) bond motifs is 1. The number of hydrogen-bond donors (Lipinski definition) is 1. The van der Waals surface area contributed by atoms with Crippen molar-refractivity contribution < 1.29 is 4.79 Å². The number of likely N-dealkylation sites (tertiary alicyclic amines) is 1. The minimum Gasteiger partial charge on any atom is -0.300 e. The zero-order chi connectivity index (χ0) is 15.4. The lowest BCUT2D eigenvalue weighted by Gasteiger charge is -2.43. The van der Waals surface area contributed by atoms with Crippen molar-refractivity contribution in [1.82, 2.24) is 4.90 Å². The van der Waals surface area contributed by atoms with Crippen LogP contribution < -0.4 is 5.43 Å². The lowest BCUT2D eigenvalue weighted by molar-refractivity contribution is -0.116. The predicted molar refractivity (Wildman–Crippen MR) is 90.1 cm³/mol. The van der Waals surface area contributed by atoms with Gasteiger partial charge in [-0.2, -0.15) is 5.10 Å². The van der Waals surface area contributed by atoms with Crippen molar-refractivity contribution in [2.45, 2.75) is 45.1 Å². The van der Waals surface area contributed by atoms with E-state index < -0.39 is 0 Å². The quantitative estimate of drug-likeness (QED) is 0.868. The Morgan fingerprint density at radius 3 is 2.86 bits per heavy atom. The molecule has 0 bridgehead atoms. The van der Waals surface area contributed by atoms with Crippen molar-refractivity contribution in [3.05, 3.63) is 30.3 Å². The van der Waals surface area contributed by atoms with Gasteiger partial charge in [0.25, 0.3) is 0 Å². The Bertz CT molecular complexity index is 539. The van der Waals surface area contributed by atoms with Crippen molar-refractivity contribution in [3.63, 3.8) is 0 Å². The summed E-state index contributed by atoms with van der Waals surface area (Å²) in [6.45, 7) is 4.48. The van der Waals surface area contributed by atoms with Crippen LogP contribution in [0.1, 0.15) is 39.0 Å². The maximum absolute atomic E-state index is 12.4. The molecule has 2 atom stereocenters. The van der Waals surface area contributed by atoms with Gasteiger partial charge in [-0.3, -0.25) is 15.1 Å². The Kier molecular flexibility index (Phi) is 4.88. The normalized spacial score (nSPS) is 27.7. The number of rotatable bonds is 4. The maximum Gasteiger partial charge on any atom is 0.180 e. The zero-order valence-corrected chi connectivity index (χ0v) is 13.3. The van der Waals surface area contributed by atoms with Crippen LogP contribution >= 0.6 is 0 Å². The van der Waals surface area contributed by atoms with E-state index in [0.717, 1.165) is 37.3 Å². The molecule has 3 rings (SSSR count). The highest BCUT2D eigenvalue weighted by Gasteiger charge is 2.38. The third-order valence-electron chi connectivity index (χ3n) is 4.81. The summed E-state index contributed by atoms with van der Waals surface area (Å²) in [5.41, 5.74) is 4.69. The molecule has 22 heavy (non-hydrogen) atoms. The van der Waals surface area contributed by atoms with Crippen LogP contribution in [0.5, 0.6) is 0 Å². The highest BCUT2D eigenvalue weighted by Crippen LogP contribution is 2.33. The first-order valence-electron chi connectivity index (χ1n) is 8.42. The molecule has 0 aromatic heterocycles. The zero-order valence-electron chi connectivity index (χ0n) is 13.3. The molecule has 0 unspecified atom stereocenters. The third-order valence-corrected chi connectivity index (χ3v) is 4.81. The minimum absolute atomic E-state index is 0.215. The number of Topliss-reactive ketones (excluding diaryl/α,β-unsaturated/α-hetero) is 1. The molecule has 118 valence electrons. The minimum atomic E-state index is 0.215. The molecular formula is C18H25N3O. The van der Waals surface area contributed by atoms with Gasteiger partial charge in [0, 0.05) is 12.5 Å². The summed E-state index contributed by atoms with van der Waals surface area (Å²) in [6, 6.07) is 10.3. The molecule has 1 saturated carbocycles. The molecule has 2 fully saturated rings. The second-order valence-electron chi connectivity index (χ2n) is 6.37. The molecule has 1 saturated heterocycles. The molecule has 0 amide bonds. The summed E-state index contributed by atoms with van der Waals surface area (Å²) >= 11 is 0. The third kappa shape index (κ3) is 3.38. The Labute approximate surface area is 132 Å². The molecular weight excluding hydrogens is 274 g/mol. The number of hydrogen-bond acceptors (Lipinski definition) is 4. The van der Waals surface area contributed by atoms with Crippen LogP contribution in [0.4, 0.5) is 5.69 Å². The van der Waals surface area contributed by atoms with Crippen molar-refractivity contribution in [3.8, 4) is 0 Å². The molecule has 1 aromatic carbocycles. The van der Waals surface area contributed by atoms with Crippen molar-refractivity contribution in [2.24, 2.45) is 11.0 Å². The number of nitrogens with zero attached hydrogens (tertiary/aromatic N) is 2. The lowest BCUT2D eigenvalue weighted by Crippen LogP contribution is -2.51. The van der Waals surface area contributed by atoms with E-state index in [2.05, 4.69) is 22.4 Å². The first-order chi connectivity index (χ1) is 10.8. The fourth-order valence-electron chi connectivity index (χ4n) is 3.73. The number of para-hydroxylation sites is 1. The lowest BCUT2D eigenvalue weighted by atomic mass is 9.77. The van der Waals surface area contributed by atoms with Gasteiger partial charge < -0.3 is 0 Å². The number of anilines is 1. The number of carbonyl (C=O) groups is 1. The Morgan fingerprint density at radius 2 is 2.09 bits per heavy atom. The van der Waals surface area contributed by atoms with Crippen LogP contribution in [0, 0.1) is 5.92 Å². The number of benzene rings is 1. The fraction of sp³-hybridized carbons (Fsp3) is 0.556. The van der Waals surface area contributed by atoms with Gasteiger partial charge in [0.05, 0.1) is 5.69 Å². The van der Waals surface area contributed by atoms with Gasteiger partial charge in [0.15, 0.2) is 5.78 Å². The average molecular weight is 299 g/mol. The van der Waals surface area contributed by atoms with E-state index >= 15 is 0 Å². The SMILES string of the molecule is CCCN1CCC[C@H]2C/C(=N/Nc3ccccc3)C(=O)C[C@@H]21. The van der Waals surface area contributed by atoms with E-state index in [1.807, 2.05) is 30.3 Å². The van der Waals surface area contributed by atoms with Gasteiger partial charge in [-0.1, -0.05) is 25.1 Å². The molecule has 1 aromatic rings. The van der Waals surface area contributed by atoms with Crippen molar-refractivity contribution >= 4 is 17.2 Å². The summed E-state index contributed by atoms with van der Waals surface area (Å²) in [6.07, 6.45) is 5.09. The van der Waals surface area contributed by atoms with E-state index in [9.17, 15) is 4.79 Å². The van der Waals surface area contributed by atoms with Crippen LogP contribution in [0.3, 0.4) is 0 Å². The molecule has 0 radical (unpaired) electrons. The van der Waals surface area contributed by atoms with Gasteiger partial charge in [0.2, 0.25) is 0 Å². The largest absolute Gasteiger partial charge is 0.300 e. The second-order valence-corrected chi connectivity index (χ2v) is 6.37. The summed E-state index contributed by atoms with van der Waals surface area (Å²) in [5, 5.41) is 4.40. The van der Waals surface area contributed by atoms with Gasteiger partial charge in [0.1, 0.15) is 5.71 Å². The maximum atomic E-state index is 12.4. The van der Waals surface area contributed by atoms with E-state index in [1.165, 1.54) is 12.8 Å². The molecule has 4 heteroatoms. The molecule has 2 aliphatic rings. The molecule has 4 nitrogen and oxygen atoms in total. The summed E-state index contributed by atoms with van der Waals surface area (Å²) in [5.74, 6) is 0.807. The van der Waals surface area contributed by atoms with Crippen LogP contribution in [0.15, 0.2) is 35.4 Å². The first kappa shape index (κ1) is 15.2. The summed E-state index contributed by atoms with van der Waals surface area (Å²) in [7, 11) is 0. The molecule has 1 N–H and O–H groups in total. The van der Waals surface area contributed by atoms with Crippen LogP contribution in [0.25, 0.3) is 0 Å². The summed E-state index contributed by atoms with van der Waals surface area (Å²) < 4.78 is 0. The second kappa shape index (κ2) is 7.05. The number of nitrogens with one attached hydrogen (secondary N) is 1. The topological polar surface area (TPSA) is 44.7 Å². The van der Waals surface area contributed by atoms with Gasteiger partial charge in [-0.25, -0.2) is 0 Å². The van der Waals surface area contributed by atoms with Gasteiger partial charge in [-0.05, 0) is 56.8 Å². The van der Waals surface area contributed by atoms with E-state index in [4.69, 9.17) is 0 Å². The average Bonchev–Trinajstić information content (AvgIpc) is 2.55. The molecule has 1 aliphatic carbocycles. The van der Waals surface area contributed by atoms with Gasteiger partial charge in [-0.15, -0.1) is 0 Å². The molecule has 0 spiro atoms. The Morgan fingerprint density at radius 1 is 1.27 bits per heavy atom. The van der Waals surface area contributed by atoms with E-state index in [0.29, 0.717) is 18.4 Å². The van der Waals surface area contributed by atoms with Crippen LogP contribution in [-0.4, -0.2) is 35.5 Å². The highest BCUT2D eigenvalue weighted by atomic mass is 16.1. The summed E-state index contributed by atoms with van der Waals surface area (Å²) in [4.78, 5) is 14.9. The molecule has 1 heterocycles. The van der Waals surface area contributed by atoms with Gasteiger partial charge >= 0.3 is 0 Å². The Hall–Kier alpha value is -1.68. The number of carbonyl (C=O) groups excluding carboxylic acids is 1.